The number of hydrogen-bond donors (Lipinski definition) is 1. The highest BCUT2D eigenvalue weighted by atomic mass is 32.2. The molecule has 3 heterocycles. The Morgan fingerprint density at radius 2 is 1.82 bits per heavy atom. The fourth-order valence-corrected chi connectivity index (χ4v) is 4.44. The normalized spacial score (nSPS) is 16.3. The fraction of sp³-hybridized carbons (Fsp3) is 0.300. The number of aromatic nitrogens is 2. The third-order valence-electron chi connectivity index (χ3n) is 5.12. The van der Waals surface area contributed by atoms with Crippen molar-refractivity contribution in [2.45, 2.75) is 12.8 Å². The summed E-state index contributed by atoms with van der Waals surface area (Å²) in [5.41, 5.74) is 3.19. The Labute approximate surface area is 164 Å². The number of piperidine rings is 1. The van der Waals surface area contributed by atoms with Crippen molar-refractivity contribution in [1.82, 2.24) is 13.7 Å². The van der Waals surface area contributed by atoms with Gasteiger partial charge in [-0.25, -0.2) is 17.7 Å². The number of hydrogen-bond acceptors (Lipinski definition) is 4. The van der Waals surface area contributed by atoms with Crippen LogP contribution in [0.4, 0.5) is 5.69 Å². The number of carbonyl (C=O) groups excluding carboxylic acids is 1. The number of imidazole rings is 1. The van der Waals surface area contributed by atoms with E-state index in [1.54, 1.807) is 0 Å². The maximum absolute atomic E-state index is 12.8. The summed E-state index contributed by atoms with van der Waals surface area (Å²) in [4.78, 5) is 17.4. The Morgan fingerprint density at radius 1 is 1.11 bits per heavy atom. The van der Waals surface area contributed by atoms with Gasteiger partial charge in [0.05, 0.1) is 17.6 Å². The highest BCUT2D eigenvalue weighted by Crippen LogP contribution is 2.29. The molecule has 7 nitrogen and oxygen atoms in total. The van der Waals surface area contributed by atoms with Crippen LogP contribution in [0.25, 0.3) is 16.9 Å². The third-order valence-corrected chi connectivity index (χ3v) is 6.42. The van der Waals surface area contributed by atoms with Gasteiger partial charge in [-0.3, -0.25) is 4.79 Å². The number of rotatable bonds is 4. The van der Waals surface area contributed by atoms with E-state index in [2.05, 4.69) is 10.3 Å². The Balaban J connectivity index is 1.52. The first-order chi connectivity index (χ1) is 13.4. The average molecular weight is 398 g/mol. The van der Waals surface area contributed by atoms with Gasteiger partial charge in [0.1, 0.15) is 5.65 Å². The molecule has 1 N–H and O–H groups in total. The third kappa shape index (κ3) is 3.79. The molecule has 0 atom stereocenters. The van der Waals surface area contributed by atoms with E-state index in [1.165, 1.54) is 10.6 Å². The number of carbonyl (C=O) groups is 1. The van der Waals surface area contributed by atoms with Crippen LogP contribution in [0, 0.1) is 5.92 Å². The molecular weight excluding hydrogens is 376 g/mol. The molecule has 0 bridgehead atoms. The Bertz CT molecular complexity index is 1080. The lowest BCUT2D eigenvalue weighted by molar-refractivity contribution is -0.120. The van der Waals surface area contributed by atoms with E-state index in [9.17, 15) is 13.2 Å². The molecule has 2 aromatic heterocycles. The summed E-state index contributed by atoms with van der Waals surface area (Å²) in [6.45, 7) is 0.760. The summed E-state index contributed by atoms with van der Waals surface area (Å²) in [6.07, 6.45) is 6.12. The van der Waals surface area contributed by atoms with Crippen LogP contribution in [0.3, 0.4) is 0 Å². The lowest BCUT2D eigenvalue weighted by Gasteiger charge is -2.29. The summed E-state index contributed by atoms with van der Waals surface area (Å²) >= 11 is 0. The molecule has 28 heavy (non-hydrogen) atoms. The molecular formula is C20H22N4O3S. The molecule has 1 fully saturated rings. The van der Waals surface area contributed by atoms with Gasteiger partial charge >= 0.3 is 0 Å². The molecule has 8 heteroatoms. The van der Waals surface area contributed by atoms with E-state index in [4.69, 9.17) is 0 Å². The average Bonchev–Trinajstić information content (AvgIpc) is 3.12. The van der Waals surface area contributed by atoms with E-state index < -0.39 is 10.0 Å². The smallest absolute Gasteiger partial charge is 0.227 e. The zero-order valence-electron chi connectivity index (χ0n) is 15.6. The second-order valence-electron chi connectivity index (χ2n) is 7.06. The van der Waals surface area contributed by atoms with Gasteiger partial charge in [-0.2, -0.15) is 0 Å². The van der Waals surface area contributed by atoms with E-state index in [1.807, 2.05) is 59.3 Å². The van der Waals surface area contributed by atoms with Crippen molar-refractivity contribution in [3.8, 4) is 11.3 Å². The van der Waals surface area contributed by atoms with Gasteiger partial charge in [0.2, 0.25) is 15.9 Å². The van der Waals surface area contributed by atoms with Gasteiger partial charge in [-0.1, -0.05) is 24.3 Å². The molecule has 146 valence electrons. The molecule has 1 aromatic carbocycles. The molecule has 1 aliphatic rings. The minimum absolute atomic E-state index is 0.0793. The second kappa shape index (κ2) is 7.37. The lowest BCUT2D eigenvalue weighted by Crippen LogP contribution is -2.40. The van der Waals surface area contributed by atoms with Crippen LogP contribution in [-0.2, 0) is 14.8 Å². The number of para-hydroxylation sites is 1. The quantitative estimate of drug-likeness (QED) is 0.732. The lowest BCUT2D eigenvalue weighted by atomic mass is 9.97. The first kappa shape index (κ1) is 18.6. The molecule has 4 rings (SSSR count). The van der Waals surface area contributed by atoms with Crippen molar-refractivity contribution < 1.29 is 13.2 Å². The van der Waals surface area contributed by atoms with Crippen LogP contribution in [0.5, 0.6) is 0 Å². The number of nitrogens with one attached hydrogen (secondary N) is 1. The van der Waals surface area contributed by atoms with Crippen molar-refractivity contribution in [3.05, 3.63) is 54.9 Å². The van der Waals surface area contributed by atoms with Crippen molar-refractivity contribution in [2.75, 3.05) is 24.7 Å². The van der Waals surface area contributed by atoms with Gasteiger partial charge in [0, 0.05) is 37.0 Å². The first-order valence-electron chi connectivity index (χ1n) is 9.21. The van der Waals surface area contributed by atoms with Crippen LogP contribution in [-0.4, -0.2) is 47.4 Å². The zero-order valence-corrected chi connectivity index (χ0v) is 16.4. The summed E-state index contributed by atoms with van der Waals surface area (Å²) < 4.78 is 26.7. The molecule has 1 saturated heterocycles. The first-order valence-corrected chi connectivity index (χ1v) is 11.1. The molecule has 0 spiro atoms. The molecule has 0 unspecified atom stereocenters. The molecule has 0 saturated carbocycles. The number of sulfonamides is 1. The number of amides is 1. The van der Waals surface area contributed by atoms with Crippen LogP contribution in [0.1, 0.15) is 12.8 Å². The second-order valence-corrected chi connectivity index (χ2v) is 9.05. The predicted octanol–water partition coefficient (Wildman–Crippen LogP) is 2.61. The Hall–Kier alpha value is -2.71. The topological polar surface area (TPSA) is 83.8 Å². The van der Waals surface area contributed by atoms with Gasteiger partial charge in [-0.05, 0) is 31.0 Å². The van der Waals surface area contributed by atoms with Gasteiger partial charge < -0.3 is 9.72 Å². The molecule has 0 radical (unpaired) electrons. The van der Waals surface area contributed by atoms with Gasteiger partial charge in [0.25, 0.3) is 0 Å². The largest absolute Gasteiger partial charge is 0.325 e. The fourth-order valence-electron chi connectivity index (χ4n) is 3.56. The van der Waals surface area contributed by atoms with Gasteiger partial charge in [-0.15, -0.1) is 0 Å². The van der Waals surface area contributed by atoms with E-state index in [-0.39, 0.29) is 11.8 Å². The maximum Gasteiger partial charge on any atom is 0.227 e. The van der Waals surface area contributed by atoms with E-state index >= 15 is 0 Å². The van der Waals surface area contributed by atoms with Crippen LogP contribution in [0.2, 0.25) is 0 Å². The number of pyridine rings is 1. The molecule has 0 aliphatic carbocycles. The highest BCUT2D eigenvalue weighted by Gasteiger charge is 2.29. The standard InChI is InChI=1S/C20H22N4O3S/c1-28(26,27)24-12-9-15(10-13-24)20(25)22-17-7-3-2-6-16(17)18-14-23-11-5-4-8-19(23)21-18/h2-8,11,14-15H,9-10,12-13H2,1H3,(H,22,25). The number of fused-ring (bicyclic) bond motifs is 1. The molecule has 3 aromatic rings. The maximum atomic E-state index is 12.8. The van der Waals surface area contributed by atoms with Crippen molar-refractivity contribution in [3.63, 3.8) is 0 Å². The highest BCUT2D eigenvalue weighted by molar-refractivity contribution is 7.88. The predicted molar refractivity (Wildman–Crippen MR) is 108 cm³/mol. The van der Waals surface area contributed by atoms with Crippen LogP contribution in [0.15, 0.2) is 54.9 Å². The van der Waals surface area contributed by atoms with Crippen molar-refractivity contribution in [2.24, 2.45) is 5.92 Å². The van der Waals surface area contributed by atoms with Crippen LogP contribution >= 0.6 is 0 Å². The molecule has 1 amide bonds. The Kier molecular flexibility index (Phi) is 4.91. The SMILES string of the molecule is CS(=O)(=O)N1CCC(C(=O)Nc2ccccc2-c2cn3ccccc3n2)CC1. The summed E-state index contributed by atoms with van der Waals surface area (Å²) in [5, 5.41) is 3.02. The van der Waals surface area contributed by atoms with Crippen molar-refractivity contribution >= 4 is 27.3 Å². The monoisotopic (exact) mass is 398 g/mol. The van der Waals surface area contributed by atoms with Gasteiger partial charge in [0.15, 0.2) is 0 Å². The summed E-state index contributed by atoms with van der Waals surface area (Å²) in [7, 11) is -3.20. The number of nitrogens with zero attached hydrogens (tertiary/aromatic N) is 3. The minimum Gasteiger partial charge on any atom is -0.325 e. The number of benzene rings is 1. The minimum atomic E-state index is -3.20. The summed E-state index contributed by atoms with van der Waals surface area (Å²) in [5.74, 6) is -0.281. The zero-order chi connectivity index (χ0) is 19.7. The molecule has 1 aliphatic heterocycles. The van der Waals surface area contributed by atoms with E-state index in [0.717, 1.165) is 16.9 Å². The van der Waals surface area contributed by atoms with E-state index in [0.29, 0.717) is 31.6 Å². The summed E-state index contributed by atoms with van der Waals surface area (Å²) in [6, 6.07) is 13.4. The Morgan fingerprint density at radius 3 is 2.54 bits per heavy atom. The van der Waals surface area contributed by atoms with Crippen molar-refractivity contribution in [1.29, 1.82) is 0 Å². The number of anilines is 1. The van der Waals surface area contributed by atoms with Crippen LogP contribution < -0.4 is 5.32 Å².